The summed E-state index contributed by atoms with van der Waals surface area (Å²) in [6, 6.07) is 4.21. The smallest absolute Gasteiger partial charge is 0.319 e. The first-order valence-corrected chi connectivity index (χ1v) is 11.0. The number of hydrogen-bond acceptors (Lipinski definition) is 5. The minimum Gasteiger partial charge on any atom is -0.394 e. The van der Waals surface area contributed by atoms with Gasteiger partial charge >= 0.3 is 6.03 Å². The maximum Gasteiger partial charge on any atom is 0.319 e. The van der Waals surface area contributed by atoms with Gasteiger partial charge in [0, 0.05) is 24.3 Å². The third-order valence-electron chi connectivity index (χ3n) is 5.52. The molecule has 1 aliphatic carbocycles. The molecular weight excluding hydrogens is 429 g/mol. The number of nitrogens with one attached hydrogen (secondary N) is 2. The Morgan fingerprint density at radius 1 is 1.23 bits per heavy atom. The van der Waals surface area contributed by atoms with Crippen LogP contribution >= 0.6 is 23.2 Å². The molecule has 1 aromatic carbocycles. The molecular formula is C20H25Cl2N5O3. The molecule has 1 aliphatic heterocycles. The van der Waals surface area contributed by atoms with E-state index in [-0.39, 0.29) is 24.8 Å². The fraction of sp³-hybridized carbons (Fsp3) is 0.550. The van der Waals surface area contributed by atoms with Gasteiger partial charge in [-0.15, -0.1) is 5.10 Å². The van der Waals surface area contributed by atoms with Gasteiger partial charge in [-0.3, -0.25) is 4.68 Å². The molecule has 2 fully saturated rings. The van der Waals surface area contributed by atoms with Gasteiger partial charge in [-0.05, 0) is 50.3 Å². The Morgan fingerprint density at radius 2 is 2.07 bits per heavy atom. The maximum atomic E-state index is 12.3. The van der Waals surface area contributed by atoms with E-state index >= 15 is 0 Å². The minimum atomic E-state index is -0.457. The molecule has 1 saturated carbocycles. The van der Waals surface area contributed by atoms with Gasteiger partial charge in [0.1, 0.15) is 6.10 Å². The number of rotatable bonds is 7. The van der Waals surface area contributed by atoms with Crippen LogP contribution in [0.2, 0.25) is 10.0 Å². The number of nitrogens with zero attached hydrogens (tertiary/aromatic N) is 3. The predicted molar refractivity (Wildman–Crippen MR) is 114 cm³/mol. The van der Waals surface area contributed by atoms with Crippen molar-refractivity contribution >= 4 is 34.9 Å². The van der Waals surface area contributed by atoms with Crippen LogP contribution in [0.3, 0.4) is 0 Å². The quantitative estimate of drug-likeness (QED) is 0.594. The Kier molecular flexibility index (Phi) is 6.77. The van der Waals surface area contributed by atoms with E-state index < -0.39 is 6.10 Å². The molecule has 0 bridgehead atoms. The summed E-state index contributed by atoms with van der Waals surface area (Å²) in [5.74, 6) is 0.588. The van der Waals surface area contributed by atoms with Gasteiger partial charge in [0.25, 0.3) is 0 Å². The maximum absolute atomic E-state index is 12.3. The number of hydrogen-bond donors (Lipinski definition) is 3. The largest absolute Gasteiger partial charge is 0.394 e. The number of anilines is 1. The SMILES string of the molecule is O=C(Nc1ccc(Cl)c(Cl)c1)N[C@@H]1CC[C@H](CCn2cc(C3CC3)nn2)O[C@H]1CO. The molecule has 1 aromatic heterocycles. The van der Waals surface area contributed by atoms with Crippen LogP contribution in [0.25, 0.3) is 0 Å². The van der Waals surface area contributed by atoms with Crippen LogP contribution in [0.5, 0.6) is 0 Å². The van der Waals surface area contributed by atoms with Crippen LogP contribution in [0.4, 0.5) is 10.5 Å². The van der Waals surface area contributed by atoms with Gasteiger partial charge in [-0.1, -0.05) is 28.4 Å². The average molecular weight is 454 g/mol. The van der Waals surface area contributed by atoms with E-state index in [1.807, 2.05) is 10.9 Å². The summed E-state index contributed by atoms with van der Waals surface area (Å²) in [7, 11) is 0. The van der Waals surface area contributed by atoms with Gasteiger partial charge < -0.3 is 20.5 Å². The monoisotopic (exact) mass is 453 g/mol. The Hall–Kier alpha value is -1.87. The van der Waals surface area contributed by atoms with Crippen LogP contribution < -0.4 is 10.6 Å². The highest BCUT2D eigenvalue weighted by molar-refractivity contribution is 6.42. The number of aromatic nitrogens is 3. The van der Waals surface area contributed by atoms with Crippen LogP contribution in [-0.4, -0.2) is 51.0 Å². The topological polar surface area (TPSA) is 101 Å². The second-order valence-electron chi connectivity index (χ2n) is 7.86. The van der Waals surface area contributed by atoms with Gasteiger partial charge in [-0.2, -0.15) is 0 Å². The molecule has 4 rings (SSSR count). The highest BCUT2D eigenvalue weighted by Crippen LogP contribution is 2.38. The van der Waals surface area contributed by atoms with Gasteiger partial charge in [0.2, 0.25) is 0 Å². The van der Waals surface area contributed by atoms with Crippen molar-refractivity contribution < 1.29 is 14.6 Å². The number of ether oxygens (including phenoxy) is 1. The molecule has 2 aromatic rings. The molecule has 30 heavy (non-hydrogen) atoms. The standard InChI is InChI=1S/C20H25Cl2N5O3/c21-15-5-3-13(9-16(15)22)23-20(29)24-17-6-4-14(30-19(17)11-28)7-8-27-10-18(25-26-27)12-1-2-12/h3,5,9-10,12,14,17,19,28H,1-2,4,6-8,11H2,(H2,23,24,29)/t14-,17-,19+/m1/s1. The van der Waals surface area contributed by atoms with E-state index in [1.165, 1.54) is 12.8 Å². The molecule has 10 heteroatoms. The molecule has 0 unspecified atom stereocenters. The lowest BCUT2D eigenvalue weighted by atomic mass is 9.97. The van der Waals surface area contributed by atoms with Crippen LogP contribution in [-0.2, 0) is 11.3 Å². The lowest BCUT2D eigenvalue weighted by Crippen LogP contribution is -2.52. The summed E-state index contributed by atoms with van der Waals surface area (Å²) in [6.07, 6.45) is 6.26. The molecule has 1 saturated heterocycles. The van der Waals surface area contributed by atoms with Crippen molar-refractivity contribution in [1.82, 2.24) is 20.3 Å². The summed E-state index contributed by atoms with van der Waals surface area (Å²) >= 11 is 11.9. The van der Waals surface area contributed by atoms with Crippen LogP contribution in [0.15, 0.2) is 24.4 Å². The second-order valence-corrected chi connectivity index (χ2v) is 8.67. The van der Waals surface area contributed by atoms with E-state index in [0.29, 0.717) is 21.7 Å². The van der Waals surface area contributed by atoms with E-state index in [4.69, 9.17) is 27.9 Å². The predicted octanol–water partition coefficient (Wildman–Crippen LogP) is 3.58. The average Bonchev–Trinajstić information content (AvgIpc) is 3.48. The molecule has 0 spiro atoms. The molecule has 0 radical (unpaired) electrons. The number of halogens is 2. The number of benzene rings is 1. The lowest BCUT2D eigenvalue weighted by molar-refractivity contribution is -0.0905. The molecule has 2 amide bonds. The lowest BCUT2D eigenvalue weighted by Gasteiger charge is -2.36. The number of amides is 2. The van der Waals surface area contributed by atoms with Crippen molar-refractivity contribution in [3.05, 3.63) is 40.1 Å². The number of aryl methyl sites for hydroxylation is 1. The van der Waals surface area contributed by atoms with E-state index in [1.54, 1.807) is 18.2 Å². The first-order valence-electron chi connectivity index (χ1n) is 10.2. The highest BCUT2D eigenvalue weighted by atomic mass is 35.5. The zero-order chi connectivity index (χ0) is 21.1. The van der Waals surface area contributed by atoms with Crippen molar-refractivity contribution in [2.24, 2.45) is 0 Å². The van der Waals surface area contributed by atoms with Crippen LogP contribution in [0, 0.1) is 0 Å². The third kappa shape index (κ3) is 5.43. The van der Waals surface area contributed by atoms with Crippen molar-refractivity contribution in [2.45, 2.75) is 62.8 Å². The van der Waals surface area contributed by atoms with Gasteiger partial charge in [0.15, 0.2) is 0 Å². The Bertz CT molecular complexity index is 889. The fourth-order valence-electron chi connectivity index (χ4n) is 3.68. The Balaban J connectivity index is 1.25. The number of aliphatic hydroxyl groups excluding tert-OH is 1. The molecule has 2 heterocycles. The van der Waals surface area contributed by atoms with Crippen molar-refractivity contribution in [3.63, 3.8) is 0 Å². The molecule has 3 N–H and O–H groups in total. The van der Waals surface area contributed by atoms with Crippen molar-refractivity contribution in [1.29, 1.82) is 0 Å². The summed E-state index contributed by atoms with van der Waals surface area (Å²) < 4.78 is 7.89. The zero-order valence-electron chi connectivity index (χ0n) is 16.4. The third-order valence-corrected chi connectivity index (χ3v) is 6.26. The van der Waals surface area contributed by atoms with E-state index in [2.05, 4.69) is 20.9 Å². The van der Waals surface area contributed by atoms with E-state index in [9.17, 15) is 9.90 Å². The van der Waals surface area contributed by atoms with Crippen molar-refractivity contribution in [2.75, 3.05) is 11.9 Å². The normalized spacial score (nSPS) is 23.9. The first kappa shape index (κ1) is 21.4. The number of aliphatic hydroxyl groups is 1. The summed E-state index contributed by atoms with van der Waals surface area (Å²) in [5, 5.41) is 24.6. The Labute approximate surface area is 184 Å². The van der Waals surface area contributed by atoms with Gasteiger partial charge in [-0.25, -0.2) is 4.79 Å². The Morgan fingerprint density at radius 3 is 2.80 bits per heavy atom. The summed E-state index contributed by atoms with van der Waals surface area (Å²) in [4.78, 5) is 12.3. The number of urea groups is 1. The second kappa shape index (κ2) is 9.51. The van der Waals surface area contributed by atoms with Gasteiger partial charge in [0.05, 0.1) is 34.5 Å². The zero-order valence-corrected chi connectivity index (χ0v) is 17.9. The molecule has 162 valence electrons. The molecule has 8 nitrogen and oxygen atoms in total. The molecule has 3 atom stereocenters. The molecule has 2 aliphatic rings. The fourth-order valence-corrected chi connectivity index (χ4v) is 3.98. The number of carbonyl (C=O) groups excluding carboxylic acids is 1. The first-order chi connectivity index (χ1) is 14.5. The highest BCUT2D eigenvalue weighted by Gasteiger charge is 2.32. The summed E-state index contributed by atoms with van der Waals surface area (Å²) in [5.41, 5.74) is 1.61. The van der Waals surface area contributed by atoms with Crippen LogP contribution in [0.1, 0.15) is 43.7 Å². The number of carbonyl (C=O) groups is 1. The summed E-state index contributed by atoms with van der Waals surface area (Å²) in [6.45, 7) is 0.557. The van der Waals surface area contributed by atoms with Crippen molar-refractivity contribution in [3.8, 4) is 0 Å². The van der Waals surface area contributed by atoms with E-state index in [0.717, 1.165) is 31.5 Å². The minimum absolute atomic E-state index is 0.00640.